The van der Waals surface area contributed by atoms with Crippen LogP contribution in [-0.4, -0.2) is 29.4 Å². The van der Waals surface area contributed by atoms with Crippen LogP contribution in [0.15, 0.2) is 18.2 Å². The number of ether oxygens (including phenoxy) is 1. The van der Waals surface area contributed by atoms with Crippen molar-refractivity contribution in [2.45, 2.75) is 64.0 Å². The maximum atomic E-state index is 13.2. The largest absolute Gasteiger partial charge is 0.452 e. The van der Waals surface area contributed by atoms with E-state index in [1.165, 1.54) is 26.0 Å². The van der Waals surface area contributed by atoms with Gasteiger partial charge in [-0.15, -0.1) is 0 Å². The third kappa shape index (κ3) is 3.92. The van der Waals surface area contributed by atoms with Crippen LogP contribution in [0.4, 0.5) is 10.1 Å². The summed E-state index contributed by atoms with van der Waals surface area (Å²) in [5.74, 6) is -0.727. The van der Waals surface area contributed by atoms with E-state index in [0.717, 1.165) is 38.2 Å². The molecule has 0 saturated heterocycles. The molecule has 0 aliphatic heterocycles. The Morgan fingerprint density at radius 1 is 1.20 bits per heavy atom. The molecule has 5 rings (SSSR count). The van der Waals surface area contributed by atoms with E-state index in [1.54, 1.807) is 0 Å². The van der Waals surface area contributed by atoms with Crippen LogP contribution in [0.25, 0.3) is 0 Å². The van der Waals surface area contributed by atoms with Crippen molar-refractivity contribution >= 4 is 35.1 Å². The van der Waals surface area contributed by atoms with E-state index in [0.29, 0.717) is 18.3 Å². The summed E-state index contributed by atoms with van der Waals surface area (Å²) in [5.41, 5.74) is -0.748. The Morgan fingerprint density at radius 2 is 1.87 bits per heavy atom. The Bertz CT molecular complexity index is 891. The molecule has 0 heterocycles. The molecule has 2 N–H and O–H groups in total. The number of carbonyl (C=O) groups is 3. The minimum atomic E-state index is -1.02. The zero-order valence-electron chi connectivity index (χ0n) is 17.1. The topological polar surface area (TPSA) is 84.5 Å². The fourth-order valence-electron chi connectivity index (χ4n) is 6.19. The van der Waals surface area contributed by atoms with Gasteiger partial charge in [0, 0.05) is 12.5 Å². The first-order chi connectivity index (χ1) is 14.1. The minimum Gasteiger partial charge on any atom is -0.452 e. The van der Waals surface area contributed by atoms with Crippen molar-refractivity contribution in [3.05, 3.63) is 29.0 Å². The summed E-state index contributed by atoms with van der Waals surface area (Å²) in [7, 11) is 0. The Labute approximate surface area is 179 Å². The lowest BCUT2D eigenvalue weighted by atomic mass is 9.47. The zero-order chi connectivity index (χ0) is 21.7. The average molecular weight is 437 g/mol. The Kier molecular flexibility index (Phi) is 5.29. The van der Waals surface area contributed by atoms with Crippen LogP contribution in [0, 0.1) is 23.1 Å². The number of halogens is 2. The van der Waals surface area contributed by atoms with Crippen LogP contribution in [0.5, 0.6) is 0 Å². The number of rotatable bonds is 5. The number of hydrogen-bond acceptors (Lipinski definition) is 4. The van der Waals surface area contributed by atoms with Crippen molar-refractivity contribution in [3.8, 4) is 0 Å². The predicted octanol–water partition coefficient (Wildman–Crippen LogP) is 3.82. The number of anilines is 1. The van der Waals surface area contributed by atoms with Crippen molar-refractivity contribution in [2.75, 3.05) is 5.32 Å². The molecule has 8 heteroatoms. The van der Waals surface area contributed by atoms with Crippen LogP contribution in [0.2, 0.25) is 5.02 Å². The summed E-state index contributed by atoms with van der Waals surface area (Å²) in [4.78, 5) is 37.5. The van der Waals surface area contributed by atoms with Crippen LogP contribution < -0.4 is 10.6 Å². The van der Waals surface area contributed by atoms with Crippen molar-refractivity contribution in [2.24, 2.45) is 17.3 Å². The van der Waals surface area contributed by atoms with Gasteiger partial charge < -0.3 is 15.4 Å². The van der Waals surface area contributed by atoms with Gasteiger partial charge in [0.1, 0.15) is 5.82 Å². The molecule has 0 aromatic heterocycles. The molecule has 3 unspecified atom stereocenters. The highest BCUT2D eigenvalue weighted by Gasteiger charge is 2.61. The molecule has 4 fully saturated rings. The lowest BCUT2D eigenvalue weighted by Crippen LogP contribution is -2.65. The van der Waals surface area contributed by atoms with Crippen molar-refractivity contribution in [3.63, 3.8) is 0 Å². The molecule has 30 heavy (non-hydrogen) atoms. The van der Waals surface area contributed by atoms with Gasteiger partial charge in [-0.1, -0.05) is 11.6 Å². The maximum Gasteiger partial charge on any atom is 0.312 e. The SMILES string of the molecule is CC(=O)NC12CC3CC(C1)CC(C(=O)OC(C)C(=O)Nc1ccc(F)cc1Cl)(C3)C2. The van der Waals surface area contributed by atoms with Crippen LogP contribution in [-0.2, 0) is 19.1 Å². The summed E-state index contributed by atoms with van der Waals surface area (Å²) < 4.78 is 18.8. The molecule has 2 amide bonds. The average Bonchev–Trinajstić information content (AvgIpc) is 2.61. The number of amides is 2. The van der Waals surface area contributed by atoms with Crippen LogP contribution >= 0.6 is 11.6 Å². The number of nitrogens with one attached hydrogen (secondary N) is 2. The normalized spacial score (nSPS) is 32.4. The second-order valence-corrected chi connectivity index (χ2v) is 9.77. The number of hydrogen-bond donors (Lipinski definition) is 2. The van der Waals surface area contributed by atoms with Crippen molar-refractivity contribution < 1.29 is 23.5 Å². The molecule has 0 radical (unpaired) electrons. The predicted molar refractivity (Wildman–Crippen MR) is 109 cm³/mol. The molecule has 0 spiro atoms. The highest BCUT2D eigenvalue weighted by Crippen LogP contribution is 2.62. The molecule has 4 aliphatic carbocycles. The highest BCUT2D eigenvalue weighted by atomic mass is 35.5. The molecule has 6 nitrogen and oxygen atoms in total. The van der Waals surface area contributed by atoms with E-state index >= 15 is 0 Å². The second-order valence-electron chi connectivity index (χ2n) is 9.36. The molecular weight excluding hydrogens is 411 g/mol. The second kappa shape index (κ2) is 7.52. The van der Waals surface area contributed by atoms with Gasteiger partial charge in [-0.2, -0.15) is 0 Å². The first kappa shape index (κ1) is 21.1. The van der Waals surface area contributed by atoms with Gasteiger partial charge in [0.25, 0.3) is 5.91 Å². The van der Waals surface area contributed by atoms with Gasteiger partial charge in [-0.25, -0.2) is 4.39 Å². The summed E-state index contributed by atoms with van der Waals surface area (Å²) in [6.45, 7) is 3.02. The Morgan fingerprint density at radius 3 is 2.47 bits per heavy atom. The molecular formula is C22H26ClFN2O4. The number of benzene rings is 1. The van der Waals surface area contributed by atoms with Gasteiger partial charge in [0.05, 0.1) is 16.1 Å². The lowest BCUT2D eigenvalue weighted by molar-refractivity contribution is -0.181. The van der Waals surface area contributed by atoms with E-state index < -0.39 is 23.2 Å². The molecule has 4 bridgehead atoms. The van der Waals surface area contributed by atoms with Gasteiger partial charge in [-0.3, -0.25) is 14.4 Å². The van der Waals surface area contributed by atoms with E-state index in [9.17, 15) is 18.8 Å². The van der Waals surface area contributed by atoms with Gasteiger partial charge in [0.2, 0.25) is 5.91 Å². The third-order valence-electron chi connectivity index (χ3n) is 6.78. The third-order valence-corrected chi connectivity index (χ3v) is 7.09. The molecule has 162 valence electrons. The van der Waals surface area contributed by atoms with E-state index in [1.807, 2.05) is 0 Å². The fraction of sp³-hybridized carbons (Fsp3) is 0.591. The number of carbonyl (C=O) groups excluding carboxylic acids is 3. The first-order valence-electron chi connectivity index (χ1n) is 10.4. The van der Waals surface area contributed by atoms with Crippen LogP contribution in [0.1, 0.15) is 52.4 Å². The van der Waals surface area contributed by atoms with E-state index in [2.05, 4.69) is 10.6 Å². The van der Waals surface area contributed by atoms with Crippen molar-refractivity contribution in [1.82, 2.24) is 5.32 Å². The quantitative estimate of drug-likeness (QED) is 0.687. The molecule has 1 aromatic rings. The van der Waals surface area contributed by atoms with Gasteiger partial charge in [0.15, 0.2) is 6.10 Å². The fourth-order valence-corrected chi connectivity index (χ4v) is 6.40. The number of esters is 1. The highest BCUT2D eigenvalue weighted by molar-refractivity contribution is 6.33. The molecule has 4 aliphatic rings. The first-order valence-corrected chi connectivity index (χ1v) is 10.7. The molecule has 3 atom stereocenters. The lowest BCUT2D eigenvalue weighted by Gasteiger charge is -2.60. The van der Waals surface area contributed by atoms with E-state index in [-0.39, 0.29) is 28.1 Å². The van der Waals surface area contributed by atoms with Gasteiger partial charge >= 0.3 is 5.97 Å². The zero-order valence-corrected chi connectivity index (χ0v) is 17.9. The minimum absolute atomic E-state index is 0.0696. The van der Waals surface area contributed by atoms with Gasteiger partial charge in [-0.05, 0) is 75.5 Å². The monoisotopic (exact) mass is 436 g/mol. The Hall–Kier alpha value is -2.15. The van der Waals surface area contributed by atoms with Crippen molar-refractivity contribution in [1.29, 1.82) is 0 Å². The molecule has 4 saturated carbocycles. The van der Waals surface area contributed by atoms with E-state index in [4.69, 9.17) is 16.3 Å². The molecule has 1 aromatic carbocycles. The summed E-state index contributed by atoms with van der Waals surface area (Å²) in [5, 5.41) is 5.76. The summed E-state index contributed by atoms with van der Waals surface area (Å²) >= 11 is 5.95. The smallest absolute Gasteiger partial charge is 0.312 e. The maximum absolute atomic E-state index is 13.2. The summed E-state index contributed by atoms with van der Waals surface area (Å²) in [6, 6.07) is 3.65. The standard InChI is InChI=1S/C22H26ClFN2O4/c1-12(19(28)25-18-4-3-16(24)6-17(18)23)30-20(29)21-7-14-5-15(8-21)10-22(9-14,11-21)26-13(2)27/h3-4,6,12,14-15H,5,7-11H2,1-2H3,(H,25,28)(H,26,27). The summed E-state index contributed by atoms with van der Waals surface area (Å²) in [6.07, 6.45) is 3.89. The van der Waals surface area contributed by atoms with Crippen LogP contribution in [0.3, 0.4) is 0 Å². The Balaban J connectivity index is 1.45.